The second-order valence-corrected chi connectivity index (χ2v) is 6.44. The molecule has 0 aliphatic heterocycles. The lowest BCUT2D eigenvalue weighted by Crippen LogP contribution is -2.33. The van der Waals surface area contributed by atoms with Gasteiger partial charge in [0.1, 0.15) is 29.3 Å². The lowest BCUT2D eigenvalue weighted by Gasteiger charge is -2.01. The van der Waals surface area contributed by atoms with E-state index in [0.29, 0.717) is 28.2 Å². The number of nitrogens with zero attached hydrogens (tertiary/aromatic N) is 5. The summed E-state index contributed by atoms with van der Waals surface area (Å²) >= 11 is 0. The van der Waals surface area contributed by atoms with Crippen LogP contribution >= 0.6 is 0 Å². The van der Waals surface area contributed by atoms with Crippen molar-refractivity contribution < 1.29 is 14.6 Å². The van der Waals surface area contributed by atoms with E-state index >= 15 is 0 Å². The zero-order valence-corrected chi connectivity index (χ0v) is 12.8. The van der Waals surface area contributed by atoms with E-state index in [1.54, 1.807) is 0 Å². The summed E-state index contributed by atoms with van der Waals surface area (Å²) in [4.78, 5) is 8.35. The van der Waals surface area contributed by atoms with Gasteiger partial charge >= 0.3 is 7.12 Å². The van der Waals surface area contributed by atoms with E-state index in [0.717, 1.165) is 25.7 Å². The number of anilines is 1. The zero-order valence-electron chi connectivity index (χ0n) is 12.8. The van der Waals surface area contributed by atoms with Crippen molar-refractivity contribution in [3.05, 3.63) is 12.1 Å². The number of hydrogen-bond donors (Lipinski definition) is 3. The summed E-state index contributed by atoms with van der Waals surface area (Å²) < 4.78 is 7.23. The molecule has 0 spiro atoms. The Labute approximate surface area is 136 Å². The minimum atomic E-state index is -1.69. The summed E-state index contributed by atoms with van der Waals surface area (Å²) in [6, 6.07) is 0.285. The first-order chi connectivity index (χ1) is 11.6. The smallest absolute Gasteiger partial charge is 0.423 e. The van der Waals surface area contributed by atoms with Crippen LogP contribution in [-0.4, -0.2) is 42.1 Å². The maximum Gasteiger partial charge on any atom is 0.494 e. The lowest BCUT2D eigenvalue weighted by atomic mass is 9.76. The molecule has 0 bridgehead atoms. The van der Waals surface area contributed by atoms with Crippen molar-refractivity contribution in [2.75, 3.05) is 5.73 Å². The molecule has 2 aliphatic carbocycles. The molecule has 122 valence electrons. The van der Waals surface area contributed by atoms with Gasteiger partial charge < -0.3 is 20.3 Å². The summed E-state index contributed by atoms with van der Waals surface area (Å²) in [6.07, 6.45) is 5.37. The summed E-state index contributed by atoms with van der Waals surface area (Å²) in [7, 11) is -1.69. The molecule has 3 aromatic rings. The maximum absolute atomic E-state index is 9.84. The van der Waals surface area contributed by atoms with Gasteiger partial charge in [-0.25, -0.2) is 14.6 Å². The SMILES string of the molecule is Nc1ncnc2c1c(-c1noc(C3CC3)c1B(O)O)nn2C1CC1. The number of aromatic nitrogens is 5. The Kier molecular flexibility index (Phi) is 2.77. The summed E-state index contributed by atoms with van der Waals surface area (Å²) in [6.45, 7) is 0. The van der Waals surface area contributed by atoms with Gasteiger partial charge in [0.2, 0.25) is 0 Å². The van der Waals surface area contributed by atoms with Gasteiger partial charge in [-0.1, -0.05) is 5.16 Å². The van der Waals surface area contributed by atoms with Gasteiger partial charge in [-0.3, -0.25) is 0 Å². The highest BCUT2D eigenvalue weighted by Crippen LogP contribution is 2.42. The Morgan fingerprint density at radius 3 is 2.62 bits per heavy atom. The highest BCUT2D eigenvalue weighted by atomic mass is 16.5. The maximum atomic E-state index is 9.84. The molecule has 9 nitrogen and oxygen atoms in total. The third-order valence-electron chi connectivity index (χ3n) is 4.60. The third kappa shape index (κ3) is 1.96. The van der Waals surface area contributed by atoms with Crippen molar-refractivity contribution >= 4 is 29.4 Å². The van der Waals surface area contributed by atoms with Crippen molar-refractivity contribution in [2.24, 2.45) is 0 Å². The van der Waals surface area contributed by atoms with Gasteiger partial charge in [0.05, 0.1) is 16.9 Å². The number of hydrogen-bond acceptors (Lipinski definition) is 8. The third-order valence-corrected chi connectivity index (χ3v) is 4.60. The Morgan fingerprint density at radius 2 is 1.96 bits per heavy atom. The Hall–Kier alpha value is -2.46. The minimum absolute atomic E-state index is 0.188. The fraction of sp³-hybridized carbons (Fsp3) is 0.429. The monoisotopic (exact) mass is 326 g/mol. The Morgan fingerprint density at radius 1 is 1.17 bits per heavy atom. The highest BCUT2D eigenvalue weighted by Gasteiger charge is 2.39. The van der Waals surface area contributed by atoms with Crippen LogP contribution in [0.5, 0.6) is 0 Å². The number of fused-ring (bicyclic) bond motifs is 1. The lowest BCUT2D eigenvalue weighted by molar-refractivity contribution is 0.384. The first-order valence-electron chi connectivity index (χ1n) is 7.99. The summed E-state index contributed by atoms with van der Waals surface area (Å²) in [5, 5.41) is 28.9. The van der Waals surface area contributed by atoms with Crippen LogP contribution in [0.4, 0.5) is 5.82 Å². The highest BCUT2D eigenvalue weighted by molar-refractivity contribution is 6.61. The molecular weight excluding hydrogens is 311 g/mol. The van der Waals surface area contributed by atoms with E-state index in [9.17, 15) is 10.0 Å². The molecule has 0 aromatic carbocycles. The molecule has 0 amide bonds. The first kappa shape index (κ1) is 13.9. The Balaban J connectivity index is 1.78. The molecule has 4 N–H and O–H groups in total. The molecule has 2 fully saturated rings. The average Bonchev–Trinajstić information content (AvgIpc) is 3.48. The van der Waals surface area contributed by atoms with Gasteiger partial charge in [-0.2, -0.15) is 5.10 Å². The van der Waals surface area contributed by atoms with Gasteiger partial charge in [-0.15, -0.1) is 0 Å². The van der Waals surface area contributed by atoms with Crippen LogP contribution in [0, 0.1) is 0 Å². The predicted molar refractivity (Wildman–Crippen MR) is 85.3 cm³/mol. The summed E-state index contributed by atoms with van der Waals surface area (Å²) in [5.74, 6) is 0.995. The largest absolute Gasteiger partial charge is 0.494 e. The van der Waals surface area contributed by atoms with Crippen molar-refractivity contribution in [1.82, 2.24) is 24.9 Å². The Bertz CT molecular complexity index is 944. The van der Waals surface area contributed by atoms with Crippen LogP contribution in [-0.2, 0) is 0 Å². The minimum Gasteiger partial charge on any atom is -0.423 e. The predicted octanol–water partition coefficient (Wildman–Crippen LogP) is -0.0444. The first-order valence-corrected chi connectivity index (χ1v) is 7.99. The van der Waals surface area contributed by atoms with E-state index in [2.05, 4.69) is 20.2 Å². The molecule has 24 heavy (non-hydrogen) atoms. The molecule has 2 aliphatic rings. The molecule has 0 unspecified atom stereocenters. The second-order valence-electron chi connectivity index (χ2n) is 6.44. The summed E-state index contributed by atoms with van der Waals surface area (Å²) in [5.41, 5.74) is 7.69. The molecular formula is C14H15BN6O3. The van der Waals surface area contributed by atoms with E-state index in [1.165, 1.54) is 6.33 Å². The fourth-order valence-electron chi connectivity index (χ4n) is 3.11. The normalized spacial score (nSPS) is 17.6. The fourth-order valence-corrected chi connectivity index (χ4v) is 3.11. The van der Waals surface area contributed by atoms with Gasteiger partial charge in [0, 0.05) is 5.92 Å². The van der Waals surface area contributed by atoms with Crippen LogP contribution in [0.2, 0.25) is 0 Å². The topological polar surface area (TPSA) is 136 Å². The van der Waals surface area contributed by atoms with Crippen LogP contribution in [0.15, 0.2) is 10.9 Å². The second kappa shape index (κ2) is 4.77. The van der Waals surface area contributed by atoms with Crippen molar-refractivity contribution in [2.45, 2.75) is 37.6 Å². The van der Waals surface area contributed by atoms with Crippen molar-refractivity contribution in [3.63, 3.8) is 0 Å². The van der Waals surface area contributed by atoms with Crippen molar-refractivity contribution in [1.29, 1.82) is 0 Å². The van der Waals surface area contributed by atoms with E-state index in [1.807, 2.05) is 4.68 Å². The molecule has 5 rings (SSSR count). The number of nitrogen functional groups attached to an aromatic ring is 1. The van der Waals surface area contributed by atoms with Crippen LogP contribution in [0.25, 0.3) is 22.4 Å². The van der Waals surface area contributed by atoms with Crippen LogP contribution < -0.4 is 11.2 Å². The molecule has 2 saturated carbocycles. The molecule has 0 saturated heterocycles. The van der Waals surface area contributed by atoms with E-state index in [-0.39, 0.29) is 23.2 Å². The van der Waals surface area contributed by atoms with Gasteiger partial charge in [-0.05, 0) is 25.7 Å². The van der Waals surface area contributed by atoms with E-state index < -0.39 is 7.12 Å². The molecule has 0 atom stereocenters. The molecule has 10 heteroatoms. The van der Waals surface area contributed by atoms with Crippen LogP contribution in [0.3, 0.4) is 0 Å². The van der Waals surface area contributed by atoms with E-state index in [4.69, 9.17) is 10.3 Å². The molecule has 0 radical (unpaired) electrons. The van der Waals surface area contributed by atoms with Gasteiger partial charge in [0.15, 0.2) is 5.65 Å². The van der Waals surface area contributed by atoms with Crippen LogP contribution in [0.1, 0.15) is 43.4 Å². The number of nitrogens with two attached hydrogens (primary N) is 1. The van der Waals surface area contributed by atoms with Gasteiger partial charge in [0.25, 0.3) is 0 Å². The zero-order chi connectivity index (χ0) is 16.4. The quantitative estimate of drug-likeness (QED) is 0.568. The molecule has 3 aromatic heterocycles. The van der Waals surface area contributed by atoms with Crippen molar-refractivity contribution in [3.8, 4) is 11.4 Å². The number of rotatable bonds is 4. The standard InChI is InChI=1S/C14H15BN6O3/c16-13-8-10(19-21(7-3-4-7)14(8)18-5-17-13)11-9(15(22)23)12(24-20-11)6-1-2-6/h5-7,22-23H,1-4H2,(H2,16,17,18). The molecule has 3 heterocycles. The average molecular weight is 326 g/mol.